The zero-order valence-corrected chi connectivity index (χ0v) is 11.6. The molecule has 0 saturated heterocycles. The number of nitrogens with one attached hydrogen (secondary N) is 1. The van der Waals surface area contributed by atoms with Crippen LogP contribution in [0.15, 0.2) is 46.9 Å². The van der Waals surface area contributed by atoms with Gasteiger partial charge in [-0.15, -0.1) is 0 Å². The van der Waals surface area contributed by atoms with E-state index in [4.69, 9.17) is 4.74 Å². The minimum absolute atomic E-state index is 0.0956. The van der Waals surface area contributed by atoms with E-state index in [2.05, 4.69) is 21.2 Å². The van der Waals surface area contributed by atoms with E-state index < -0.39 is 11.6 Å². The fourth-order valence-electron chi connectivity index (χ4n) is 1.55. The van der Waals surface area contributed by atoms with Crippen LogP contribution >= 0.6 is 15.9 Å². The fraction of sp³-hybridized carbons (Fsp3) is 0.143. The van der Waals surface area contributed by atoms with Gasteiger partial charge in [0.15, 0.2) is 11.6 Å². The van der Waals surface area contributed by atoms with Gasteiger partial charge >= 0.3 is 0 Å². The van der Waals surface area contributed by atoms with Gasteiger partial charge < -0.3 is 10.1 Å². The summed E-state index contributed by atoms with van der Waals surface area (Å²) < 4.78 is 32.2. The van der Waals surface area contributed by atoms with Crippen LogP contribution in [0.2, 0.25) is 0 Å². The fourth-order valence-corrected chi connectivity index (χ4v) is 1.96. The number of hydrogen-bond acceptors (Lipinski definition) is 2. The molecule has 100 valence electrons. The zero-order valence-electron chi connectivity index (χ0n) is 10.00. The van der Waals surface area contributed by atoms with Gasteiger partial charge in [0, 0.05) is 16.7 Å². The summed E-state index contributed by atoms with van der Waals surface area (Å²) in [6.45, 7) is 0.735. The monoisotopic (exact) mass is 327 g/mol. The van der Waals surface area contributed by atoms with Crippen LogP contribution in [-0.2, 0) is 0 Å². The van der Waals surface area contributed by atoms with Crippen molar-refractivity contribution in [2.45, 2.75) is 0 Å². The van der Waals surface area contributed by atoms with Crippen LogP contribution in [-0.4, -0.2) is 13.2 Å². The summed E-state index contributed by atoms with van der Waals surface area (Å²) in [5, 5.41) is 3.11. The molecule has 0 atom stereocenters. The summed E-state index contributed by atoms with van der Waals surface area (Å²) in [5.74, 6) is -2.00. The topological polar surface area (TPSA) is 21.3 Å². The maximum atomic E-state index is 13.4. The Balaban J connectivity index is 1.86. The molecule has 2 aromatic carbocycles. The van der Waals surface area contributed by atoms with E-state index in [9.17, 15) is 8.78 Å². The average Bonchev–Trinajstić information content (AvgIpc) is 2.41. The first-order valence-electron chi connectivity index (χ1n) is 5.73. The molecule has 0 aromatic heterocycles. The molecule has 2 rings (SSSR count). The predicted molar refractivity (Wildman–Crippen MR) is 74.5 cm³/mol. The van der Waals surface area contributed by atoms with Crippen molar-refractivity contribution >= 4 is 21.6 Å². The lowest BCUT2D eigenvalue weighted by molar-refractivity contribution is 0.308. The first-order valence-corrected chi connectivity index (χ1v) is 6.52. The number of ether oxygens (including phenoxy) is 1. The maximum absolute atomic E-state index is 13.4. The van der Waals surface area contributed by atoms with Gasteiger partial charge in [-0.3, -0.25) is 0 Å². The Kier molecular flexibility index (Phi) is 4.74. The minimum atomic E-state index is -0.970. The maximum Gasteiger partial charge on any atom is 0.200 e. The largest absolute Gasteiger partial charge is 0.489 e. The normalized spacial score (nSPS) is 10.3. The Bertz CT molecular complexity index is 549. The third-order valence-electron chi connectivity index (χ3n) is 2.42. The Morgan fingerprint density at radius 2 is 1.84 bits per heavy atom. The Morgan fingerprint density at radius 1 is 1.11 bits per heavy atom. The number of benzene rings is 2. The molecule has 0 saturated carbocycles. The van der Waals surface area contributed by atoms with E-state index in [1.807, 2.05) is 30.3 Å². The van der Waals surface area contributed by atoms with E-state index in [-0.39, 0.29) is 12.4 Å². The van der Waals surface area contributed by atoms with Gasteiger partial charge in [0.25, 0.3) is 0 Å². The molecule has 0 heterocycles. The molecule has 0 unspecified atom stereocenters. The number of hydrogen-bond donors (Lipinski definition) is 1. The molecule has 0 spiro atoms. The summed E-state index contributed by atoms with van der Waals surface area (Å²) in [4.78, 5) is 0. The van der Waals surface area contributed by atoms with Gasteiger partial charge in [0.2, 0.25) is 5.82 Å². The molecule has 2 nitrogen and oxygen atoms in total. The Morgan fingerprint density at radius 3 is 2.58 bits per heavy atom. The lowest BCUT2D eigenvalue weighted by Gasteiger charge is -2.10. The second kappa shape index (κ2) is 6.52. The van der Waals surface area contributed by atoms with Crippen molar-refractivity contribution in [1.82, 2.24) is 0 Å². The molecular formula is C14H12BrF2NO. The van der Waals surface area contributed by atoms with Crippen molar-refractivity contribution in [1.29, 1.82) is 0 Å². The standard InChI is InChI=1S/C14H12BrF2NO/c15-10-8-12(16)14(17)13(9-10)19-7-6-18-11-4-2-1-3-5-11/h1-5,8-9,18H,6-7H2. The molecule has 0 fully saturated rings. The van der Waals surface area contributed by atoms with Gasteiger partial charge in [0.1, 0.15) is 6.61 Å². The van der Waals surface area contributed by atoms with Crippen LogP contribution in [0.3, 0.4) is 0 Å². The lowest BCUT2D eigenvalue weighted by Crippen LogP contribution is -2.12. The van der Waals surface area contributed by atoms with Crippen molar-refractivity contribution < 1.29 is 13.5 Å². The number of halogens is 3. The minimum Gasteiger partial charge on any atom is -0.489 e. The molecule has 0 bridgehead atoms. The molecule has 5 heteroatoms. The highest BCUT2D eigenvalue weighted by atomic mass is 79.9. The van der Waals surface area contributed by atoms with Crippen molar-refractivity contribution in [2.24, 2.45) is 0 Å². The quantitative estimate of drug-likeness (QED) is 0.655. The summed E-state index contributed by atoms with van der Waals surface area (Å²) in [6, 6.07) is 12.0. The van der Waals surface area contributed by atoms with E-state index in [0.29, 0.717) is 11.0 Å². The van der Waals surface area contributed by atoms with Gasteiger partial charge in [-0.2, -0.15) is 4.39 Å². The molecule has 2 aromatic rings. The molecule has 1 N–H and O–H groups in total. The Hall–Kier alpha value is -1.62. The smallest absolute Gasteiger partial charge is 0.200 e. The molecule has 0 aliphatic carbocycles. The second-order valence-corrected chi connectivity index (χ2v) is 4.76. The highest BCUT2D eigenvalue weighted by Gasteiger charge is 2.10. The molecule has 0 amide bonds. The van der Waals surface area contributed by atoms with E-state index in [1.54, 1.807) is 0 Å². The van der Waals surface area contributed by atoms with Crippen LogP contribution in [0.5, 0.6) is 5.75 Å². The molecule has 0 aliphatic rings. The van der Waals surface area contributed by atoms with Crippen molar-refractivity contribution in [3.8, 4) is 5.75 Å². The first-order chi connectivity index (χ1) is 9.16. The number of anilines is 1. The molecular weight excluding hydrogens is 316 g/mol. The van der Waals surface area contributed by atoms with E-state index in [0.717, 1.165) is 11.8 Å². The third kappa shape index (κ3) is 3.92. The van der Waals surface area contributed by atoms with Crippen LogP contribution in [0.1, 0.15) is 0 Å². The van der Waals surface area contributed by atoms with Gasteiger partial charge in [-0.25, -0.2) is 4.39 Å². The number of para-hydroxylation sites is 1. The summed E-state index contributed by atoms with van der Waals surface area (Å²) in [5.41, 5.74) is 0.951. The first kappa shape index (κ1) is 13.8. The lowest BCUT2D eigenvalue weighted by atomic mass is 10.3. The van der Waals surface area contributed by atoms with Gasteiger partial charge in [-0.1, -0.05) is 34.1 Å². The van der Waals surface area contributed by atoms with Crippen LogP contribution in [0.25, 0.3) is 0 Å². The van der Waals surface area contributed by atoms with Crippen molar-refractivity contribution in [2.75, 3.05) is 18.5 Å². The Labute approximate surface area is 118 Å². The second-order valence-electron chi connectivity index (χ2n) is 3.84. The zero-order chi connectivity index (χ0) is 13.7. The highest BCUT2D eigenvalue weighted by molar-refractivity contribution is 9.10. The molecule has 0 radical (unpaired) electrons. The molecule has 19 heavy (non-hydrogen) atoms. The summed E-state index contributed by atoms with van der Waals surface area (Å²) >= 11 is 3.09. The average molecular weight is 328 g/mol. The van der Waals surface area contributed by atoms with Crippen LogP contribution in [0.4, 0.5) is 14.5 Å². The van der Waals surface area contributed by atoms with Crippen LogP contribution < -0.4 is 10.1 Å². The van der Waals surface area contributed by atoms with E-state index in [1.165, 1.54) is 6.07 Å². The predicted octanol–water partition coefficient (Wildman–Crippen LogP) is 4.22. The molecule has 0 aliphatic heterocycles. The van der Waals surface area contributed by atoms with Crippen molar-refractivity contribution in [3.63, 3.8) is 0 Å². The highest BCUT2D eigenvalue weighted by Crippen LogP contribution is 2.25. The summed E-state index contributed by atoms with van der Waals surface area (Å²) in [7, 11) is 0. The van der Waals surface area contributed by atoms with Gasteiger partial charge in [-0.05, 0) is 24.3 Å². The van der Waals surface area contributed by atoms with Gasteiger partial charge in [0.05, 0.1) is 0 Å². The van der Waals surface area contributed by atoms with Crippen molar-refractivity contribution in [3.05, 3.63) is 58.6 Å². The third-order valence-corrected chi connectivity index (χ3v) is 2.88. The van der Waals surface area contributed by atoms with Crippen LogP contribution in [0, 0.1) is 11.6 Å². The number of rotatable bonds is 5. The summed E-state index contributed by atoms with van der Waals surface area (Å²) in [6.07, 6.45) is 0. The van der Waals surface area contributed by atoms with E-state index >= 15 is 0 Å². The SMILES string of the molecule is Fc1cc(Br)cc(OCCNc2ccccc2)c1F.